The summed E-state index contributed by atoms with van der Waals surface area (Å²) >= 11 is 0. The van der Waals surface area contributed by atoms with Gasteiger partial charge in [-0.2, -0.15) is 0 Å². The molecule has 29 heavy (non-hydrogen) atoms. The van der Waals surface area contributed by atoms with Gasteiger partial charge in [0.05, 0.1) is 6.04 Å². The van der Waals surface area contributed by atoms with Gasteiger partial charge in [-0.3, -0.25) is 9.69 Å². The molecule has 2 aromatic carbocycles. The minimum atomic E-state index is 0.115. The van der Waals surface area contributed by atoms with E-state index in [4.69, 9.17) is 0 Å². The first-order valence-corrected chi connectivity index (χ1v) is 11.1. The molecule has 0 aliphatic carbocycles. The van der Waals surface area contributed by atoms with Crippen molar-refractivity contribution in [1.29, 1.82) is 0 Å². The number of hydrogen-bond acceptors (Lipinski definition) is 3. The highest BCUT2D eigenvalue weighted by molar-refractivity contribution is 5.94. The summed E-state index contributed by atoms with van der Waals surface area (Å²) in [6.45, 7) is 10.4. The van der Waals surface area contributed by atoms with Crippen molar-refractivity contribution in [1.82, 2.24) is 9.80 Å². The molecule has 3 fully saturated rings. The van der Waals surface area contributed by atoms with E-state index < -0.39 is 0 Å². The van der Waals surface area contributed by atoms with E-state index in [-0.39, 0.29) is 5.91 Å². The molecular weight excluding hydrogens is 358 g/mol. The number of nitrogens with zero attached hydrogens (tertiary/aromatic N) is 3. The Hall–Kier alpha value is -2.33. The van der Waals surface area contributed by atoms with E-state index >= 15 is 0 Å². The van der Waals surface area contributed by atoms with Crippen molar-refractivity contribution in [2.24, 2.45) is 5.92 Å². The van der Waals surface area contributed by atoms with Crippen LogP contribution in [0.15, 0.2) is 54.6 Å². The molecule has 4 nitrogen and oxygen atoms in total. The van der Waals surface area contributed by atoms with Gasteiger partial charge in [-0.1, -0.05) is 18.2 Å². The van der Waals surface area contributed by atoms with Crippen LogP contribution in [0.4, 0.5) is 11.4 Å². The summed E-state index contributed by atoms with van der Waals surface area (Å²) in [6, 6.07) is 20.0. The molecule has 0 N–H and O–H groups in total. The third kappa shape index (κ3) is 3.78. The van der Waals surface area contributed by atoms with Gasteiger partial charge in [0.1, 0.15) is 0 Å². The van der Waals surface area contributed by atoms with Crippen LogP contribution < -0.4 is 4.90 Å². The fourth-order valence-electron chi connectivity index (χ4n) is 5.24. The lowest BCUT2D eigenvalue weighted by atomic mass is 9.78. The second-order valence-electron chi connectivity index (χ2n) is 8.33. The highest BCUT2D eigenvalue weighted by atomic mass is 16.2. The minimum Gasteiger partial charge on any atom is -0.339 e. The van der Waals surface area contributed by atoms with Crippen LogP contribution in [0.3, 0.4) is 0 Å². The Balaban J connectivity index is 1.68. The van der Waals surface area contributed by atoms with Crippen LogP contribution in [0.2, 0.25) is 0 Å². The molecule has 2 bridgehead atoms. The minimum absolute atomic E-state index is 0.115. The molecule has 2 aromatic rings. The molecule has 3 aliphatic rings. The SMILES string of the molecule is CCN(CC)C(=O)c1ccc(N(c2ccccc2)[C@H]2C3CCN(CC3)[C@@H]2C)cc1. The van der Waals surface area contributed by atoms with Crippen LogP contribution in [0.1, 0.15) is 44.0 Å². The summed E-state index contributed by atoms with van der Waals surface area (Å²) in [4.78, 5) is 19.8. The van der Waals surface area contributed by atoms with Crippen molar-refractivity contribution in [3.05, 3.63) is 60.2 Å². The number of hydrogen-bond donors (Lipinski definition) is 0. The van der Waals surface area contributed by atoms with Gasteiger partial charge in [0.2, 0.25) is 0 Å². The lowest BCUT2D eigenvalue weighted by Gasteiger charge is -2.54. The number of piperidine rings is 3. The van der Waals surface area contributed by atoms with Crippen LogP contribution in [0.5, 0.6) is 0 Å². The monoisotopic (exact) mass is 391 g/mol. The van der Waals surface area contributed by atoms with E-state index in [0.29, 0.717) is 18.0 Å². The first-order valence-electron chi connectivity index (χ1n) is 11.1. The van der Waals surface area contributed by atoms with E-state index in [1.165, 1.54) is 37.3 Å². The van der Waals surface area contributed by atoms with Gasteiger partial charge in [0.15, 0.2) is 0 Å². The largest absolute Gasteiger partial charge is 0.339 e. The van der Waals surface area contributed by atoms with Crippen molar-refractivity contribution in [3.8, 4) is 0 Å². The molecule has 3 aliphatic heterocycles. The van der Waals surface area contributed by atoms with Crippen LogP contribution in [0.25, 0.3) is 0 Å². The summed E-state index contributed by atoms with van der Waals surface area (Å²) in [5, 5.41) is 0. The van der Waals surface area contributed by atoms with Crippen molar-refractivity contribution < 1.29 is 4.79 Å². The Kier molecular flexibility index (Phi) is 5.91. The van der Waals surface area contributed by atoms with E-state index in [0.717, 1.165) is 18.7 Å². The van der Waals surface area contributed by atoms with E-state index in [1.807, 2.05) is 30.9 Å². The summed E-state index contributed by atoms with van der Waals surface area (Å²) in [5.74, 6) is 0.830. The van der Waals surface area contributed by atoms with E-state index in [1.54, 1.807) is 0 Å². The number of carbonyl (C=O) groups excluding carboxylic acids is 1. The smallest absolute Gasteiger partial charge is 0.253 e. The number of benzene rings is 2. The summed E-state index contributed by atoms with van der Waals surface area (Å²) in [7, 11) is 0. The standard InChI is InChI=1S/C25H33N3O/c1-4-26(5-2)25(29)21-11-13-23(14-12-21)28(22-9-7-6-8-10-22)24-19(3)27-17-15-20(24)16-18-27/h6-14,19-20,24H,4-5,15-18H2,1-3H3/t19-,24-/m1/s1. The zero-order valence-corrected chi connectivity index (χ0v) is 17.9. The average Bonchev–Trinajstić information content (AvgIpc) is 2.78. The van der Waals surface area contributed by atoms with Crippen LogP contribution in [-0.4, -0.2) is 54.0 Å². The van der Waals surface area contributed by atoms with Crippen LogP contribution in [0, 0.1) is 5.92 Å². The number of amides is 1. The highest BCUT2D eigenvalue weighted by Crippen LogP contribution is 2.41. The Morgan fingerprint density at radius 3 is 2.07 bits per heavy atom. The lowest BCUT2D eigenvalue weighted by molar-refractivity contribution is 0.0381. The number of rotatable bonds is 6. The molecule has 0 saturated carbocycles. The van der Waals surface area contributed by atoms with Gasteiger partial charge < -0.3 is 9.80 Å². The Morgan fingerprint density at radius 1 is 0.931 bits per heavy atom. The molecule has 4 heteroatoms. The van der Waals surface area contributed by atoms with Crippen molar-refractivity contribution in [3.63, 3.8) is 0 Å². The van der Waals surface area contributed by atoms with Crippen molar-refractivity contribution >= 4 is 17.3 Å². The second kappa shape index (κ2) is 8.58. The van der Waals surface area contributed by atoms with Gasteiger partial charge in [0, 0.05) is 36.1 Å². The van der Waals surface area contributed by atoms with Gasteiger partial charge in [0.25, 0.3) is 5.91 Å². The number of fused-ring (bicyclic) bond motifs is 3. The lowest BCUT2D eigenvalue weighted by Crippen LogP contribution is -2.61. The van der Waals surface area contributed by atoms with Crippen LogP contribution in [-0.2, 0) is 0 Å². The summed E-state index contributed by atoms with van der Waals surface area (Å²) in [6.07, 6.45) is 2.55. The van der Waals surface area contributed by atoms with Gasteiger partial charge >= 0.3 is 0 Å². The Morgan fingerprint density at radius 2 is 1.52 bits per heavy atom. The molecule has 0 aromatic heterocycles. The molecule has 2 atom stereocenters. The topological polar surface area (TPSA) is 26.8 Å². The second-order valence-corrected chi connectivity index (χ2v) is 8.33. The van der Waals surface area contributed by atoms with Gasteiger partial charge in [-0.15, -0.1) is 0 Å². The van der Waals surface area contributed by atoms with E-state index in [2.05, 4.69) is 59.2 Å². The predicted molar refractivity (Wildman–Crippen MR) is 120 cm³/mol. The van der Waals surface area contributed by atoms with E-state index in [9.17, 15) is 4.79 Å². The van der Waals surface area contributed by atoms with Crippen molar-refractivity contribution in [2.45, 2.75) is 45.7 Å². The molecule has 3 heterocycles. The Bertz CT molecular complexity index is 806. The Labute approximate surface area is 175 Å². The molecule has 154 valence electrons. The number of carbonyl (C=O) groups is 1. The van der Waals surface area contributed by atoms with Gasteiger partial charge in [-0.25, -0.2) is 0 Å². The first kappa shape index (κ1) is 20.0. The molecular formula is C25H33N3O. The first-order chi connectivity index (χ1) is 14.1. The van der Waals surface area contributed by atoms with Gasteiger partial charge in [-0.05, 0) is 89.0 Å². The third-order valence-electron chi connectivity index (χ3n) is 6.90. The third-order valence-corrected chi connectivity index (χ3v) is 6.90. The highest BCUT2D eigenvalue weighted by Gasteiger charge is 2.43. The quantitative estimate of drug-likeness (QED) is 0.708. The molecule has 0 radical (unpaired) electrons. The maximum absolute atomic E-state index is 12.7. The molecule has 3 saturated heterocycles. The van der Waals surface area contributed by atoms with Crippen molar-refractivity contribution in [2.75, 3.05) is 31.1 Å². The molecule has 0 spiro atoms. The molecule has 0 unspecified atom stereocenters. The fourth-order valence-corrected chi connectivity index (χ4v) is 5.24. The number of anilines is 2. The maximum atomic E-state index is 12.7. The maximum Gasteiger partial charge on any atom is 0.253 e. The zero-order chi connectivity index (χ0) is 20.4. The molecule has 5 rings (SSSR count). The zero-order valence-electron chi connectivity index (χ0n) is 17.9. The molecule has 1 amide bonds. The number of para-hydroxylation sites is 1. The average molecular weight is 392 g/mol. The predicted octanol–water partition coefficient (Wildman–Crippen LogP) is 4.79. The van der Waals surface area contributed by atoms with Crippen LogP contribution >= 0.6 is 0 Å². The fraction of sp³-hybridized carbons (Fsp3) is 0.480. The normalized spacial score (nSPS) is 25.6. The summed E-state index contributed by atoms with van der Waals surface area (Å²) in [5.41, 5.74) is 3.19. The summed E-state index contributed by atoms with van der Waals surface area (Å²) < 4.78 is 0.